The van der Waals surface area contributed by atoms with Crippen molar-refractivity contribution in [1.29, 1.82) is 0 Å². The first kappa shape index (κ1) is 15.0. The van der Waals surface area contributed by atoms with Gasteiger partial charge >= 0.3 is 0 Å². The van der Waals surface area contributed by atoms with Crippen LogP contribution in [0, 0.1) is 0 Å². The summed E-state index contributed by atoms with van der Waals surface area (Å²) < 4.78 is 47.6. The van der Waals surface area contributed by atoms with Crippen LogP contribution in [-0.4, -0.2) is 24.8 Å². The number of benzene rings is 2. The molecule has 0 spiro atoms. The lowest BCUT2D eigenvalue weighted by atomic mass is 9.93. The predicted molar refractivity (Wildman–Crippen MR) is 84.5 cm³/mol. The summed E-state index contributed by atoms with van der Waals surface area (Å²) in [5.74, 6) is 0. The summed E-state index contributed by atoms with van der Waals surface area (Å²) >= 11 is -1.63. The van der Waals surface area contributed by atoms with Crippen LogP contribution in [0.2, 0.25) is 0 Å². The van der Waals surface area contributed by atoms with Crippen molar-refractivity contribution >= 4 is 21.2 Å². The van der Waals surface area contributed by atoms with Crippen LogP contribution in [0.1, 0.15) is 12.8 Å². The molecular weight excluding hydrogens is 336 g/mol. The molecule has 1 fully saturated rings. The van der Waals surface area contributed by atoms with Gasteiger partial charge < -0.3 is 0 Å². The molecule has 4 bridgehead atoms. The predicted octanol–water partition coefficient (Wildman–Crippen LogP) is 2.64. The highest BCUT2D eigenvalue weighted by atomic mass is 32.2. The van der Waals surface area contributed by atoms with Gasteiger partial charge in [0.2, 0.25) is 0 Å². The number of hydrogen-bond donors (Lipinski definition) is 0. The topological polar surface area (TPSA) is 69.7 Å². The quantitative estimate of drug-likeness (QED) is 0.683. The average molecular weight is 350 g/mol. The maximum Gasteiger partial charge on any atom is 0.297 e. The Morgan fingerprint density at radius 2 is 1.43 bits per heavy atom. The lowest BCUT2D eigenvalue weighted by Gasteiger charge is -2.34. The fraction of sp³-hybridized carbons (Fsp3) is 0.250. The molecule has 3 unspecified atom stereocenters. The van der Waals surface area contributed by atoms with E-state index in [4.69, 9.17) is 8.37 Å². The van der Waals surface area contributed by atoms with Crippen LogP contribution in [-0.2, 0) is 29.6 Å². The van der Waals surface area contributed by atoms with E-state index in [1.165, 1.54) is 12.1 Å². The fourth-order valence-corrected chi connectivity index (χ4v) is 4.66. The second-order valence-corrected chi connectivity index (χ2v) is 8.29. The van der Waals surface area contributed by atoms with Gasteiger partial charge in [0.15, 0.2) is 11.1 Å². The highest BCUT2D eigenvalue weighted by Gasteiger charge is 2.38. The van der Waals surface area contributed by atoms with E-state index in [9.17, 15) is 12.6 Å². The summed E-state index contributed by atoms with van der Waals surface area (Å²) in [7, 11) is -3.85. The van der Waals surface area contributed by atoms with Gasteiger partial charge in [0.05, 0.1) is 9.79 Å². The smallest absolute Gasteiger partial charge is 0.281 e. The van der Waals surface area contributed by atoms with Crippen LogP contribution in [0.4, 0.5) is 0 Å². The number of hydrogen-bond acceptors (Lipinski definition) is 5. The fourth-order valence-electron chi connectivity index (χ4n) is 2.62. The van der Waals surface area contributed by atoms with Gasteiger partial charge in [-0.3, -0.25) is 8.37 Å². The van der Waals surface area contributed by atoms with Crippen LogP contribution in [0.25, 0.3) is 11.1 Å². The van der Waals surface area contributed by atoms with Crippen molar-refractivity contribution in [3.63, 3.8) is 0 Å². The van der Waals surface area contributed by atoms with E-state index < -0.39 is 33.4 Å². The van der Waals surface area contributed by atoms with Crippen molar-refractivity contribution in [3.05, 3.63) is 48.5 Å². The highest BCUT2D eigenvalue weighted by Crippen LogP contribution is 2.33. The summed E-state index contributed by atoms with van der Waals surface area (Å²) in [5.41, 5.74) is 1.79. The molecule has 4 aliphatic rings. The molecule has 2 aromatic rings. The van der Waals surface area contributed by atoms with Gasteiger partial charge in [0.1, 0.15) is 12.2 Å². The van der Waals surface area contributed by atoms with Crippen LogP contribution in [0.5, 0.6) is 0 Å². The van der Waals surface area contributed by atoms with Crippen molar-refractivity contribution < 1.29 is 21.0 Å². The average Bonchev–Trinajstić information content (AvgIpc) is 2.56. The van der Waals surface area contributed by atoms with E-state index >= 15 is 0 Å². The zero-order valence-electron chi connectivity index (χ0n) is 12.0. The molecule has 7 heteroatoms. The lowest BCUT2D eigenvalue weighted by molar-refractivity contribution is -0.00841. The van der Waals surface area contributed by atoms with Crippen molar-refractivity contribution in [1.82, 2.24) is 0 Å². The largest absolute Gasteiger partial charge is 0.297 e. The Morgan fingerprint density at radius 1 is 0.870 bits per heavy atom. The molecule has 0 amide bonds. The van der Waals surface area contributed by atoms with Gasteiger partial charge in [-0.05, 0) is 48.2 Å². The van der Waals surface area contributed by atoms with Crippen LogP contribution in [0.15, 0.2) is 58.3 Å². The molecule has 5 nitrogen and oxygen atoms in total. The van der Waals surface area contributed by atoms with E-state index in [2.05, 4.69) is 0 Å². The lowest BCUT2D eigenvalue weighted by Crippen LogP contribution is -2.42. The first-order valence-corrected chi connectivity index (χ1v) is 9.74. The van der Waals surface area contributed by atoms with Crippen molar-refractivity contribution in [3.8, 4) is 11.1 Å². The molecular formula is C16H14O5S2. The Bertz CT molecular complexity index is 856. The van der Waals surface area contributed by atoms with E-state index in [-0.39, 0.29) is 4.90 Å². The molecule has 1 saturated carbocycles. The summed E-state index contributed by atoms with van der Waals surface area (Å²) in [4.78, 5) is 0.664. The minimum Gasteiger partial charge on any atom is -0.281 e. The zero-order valence-corrected chi connectivity index (χ0v) is 13.7. The van der Waals surface area contributed by atoms with Gasteiger partial charge in [-0.15, -0.1) is 0 Å². The van der Waals surface area contributed by atoms with Crippen molar-refractivity contribution in [2.45, 2.75) is 34.8 Å². The van der Waals surface area contributed by atoms with Crippen molar-refractivity contribution in [2.24, 2.45) is 0 Å². The zero-order chi connectivity index (χ0) is 16.0. The third-order valence-corrected chi connectivity index (χ3v) is 6.56. The van der Waals surface area contributed by atoms with Crippen LogP contribution >= 0.6 is 0 Å². The third kappa shape index (κ3) is 2.74. The third-order valence-electron chi connectivity index (χ3n) is 4.13. The molecule has 6 rings (SSSR count). The molecule has 0 radical (unpaired) electrons. The van der Waals surface area contributed by atoms with E-state index in [1.807, 2.05) is 12.1 Å². The molecule has 0 aromatic heterocycles. The van der Waals surface area contributed by atoms with E-state index in [0.717, 1.165) is 11.1 Å². The second-order valence-electron chi connectivity index (χ2n) is 5.58. The molecule has 3 aliphatic heterocycles. The second kappa shape index (κ2) is 5.52. The Balaban J connectivity index is 1.82. The van der Waals surface area contributed by atoms with Crippen molar-refractivity contribution in [2.75, 3.05) is 0 Å². The maximum atomic E-state index is 12.3. The van der Waals surface area contributed by atoms with Gasteiger partial charge in [-0.1, -0.05) is 24.3 Å². The summed E-state index contributed by atoms with van der Waals surface area (Å²) in [6, 6.07) is 13.8. The number of rotatable bonds is 0. The Labute approximate surface area is 137 Å². The minimum absolute atomic E-state index is 0.113. The first-order valence-electron chi connectivity index (χ1n) is 7.26. The molecule has 1 aliphatic carbocycles. The summed E-state index contributed by atoms with van der Waals surface area (Å²) in [5, 5.41) is 0. The first-order chi connectivity index (χ1) is 11.0. The maximum absolute atomic E-state index is 12.3. The highest BCUT2D eigenvalue weighted by molar-refractivity contribution is 7.86. The Morgan fingerprint density at radius 3 is 2.00 bits per heavy atom. The molecule has 3 atom stereocenters. The standard InChI is InChI=1S/C16H14O5S2/c17-22-13-5-1-11(2-6-13)12-3-7-14(8-4-12)23(18,19)21-16-10-9-15(16)20-22/h1-8,15-16H,9-10H2. The van der Waals surface area contributed by atoms with Crippen LogP contribution in [0.3, 0.4) is 0 Å². The van der Waals surface area contributed by atoms with Gasteiger partial charge in [-0.2, -0.15) is 8.42 Å². The monoisotopic (exact) mass is 350 g/mol. The molecule has 0 saturated heterocycles. The SMILES string of the molecule is O=S1OC2CCC2OS(=O)(=O)c2ccc(cc2)-c2ccc1cc2. The van der Waals surface area contributed by atoms with E-state index in [1.54, 1.807) is 24.3 Å². The Kier molecular flexibility index (Phi) is 3.60. The number of fused-ring (bicyclic) bond motifs is 2. The Hall–Kier alpha value is -1.54. The molecule has 23 heavy (non-hydrogen) atoms. The molecule has 120 valence electrons. The molecule has 3 heterocycles. The van der Waals surface area contributed by atoms with Gasteiger partial charge in [-0.25, -0.2) is 4.21 Å². The van der Waals surface area contributed by atoms with Gasteiger partial charge in [0.25, 0.3) is 10.1 Å². The normalized spacial score (nSPS) is 28.6. The minimum atomic E-state index is -3.85. The summed E-state index contributed by atoms with van der Waals surface area (Å²) in [6.45, 7) is 0. The molecule has 2 aromatic carbocycles. The van der Waals surface area contributed by atoms with E-state index in [0.29, 0.717) is 17.7 Å². The molecule has 0 N–H and O–H groups in total. The van der Waals surface area contributed by atoms with Crippen LogP contribution < -0.4 is 0 Å². The summed E-state index contributed by atoms with van der Waals surface area (Å²) in [6.07, 6.45) is 0.125. The van der Waals surface area contributed by atoms with Gasteiger partial charge in [0, 0.05) is 0 Å².